The highest BCUT2D eigenvalue weighted by molar-refractivity contribution is 7.80. The molecule has 0 saturated carbocycles. The van der Waals surface area contributed by atoms with Crippen molar-refractivity contribution >= 4 is 35.2 Å². The van der Waals surface area contributed by atoms with Crippen molar-refractivity contribution in [3.63, 3.8) is 0 Å². The van der Waals surface area contributed by atoms with Gasteiger partial charge in [-0.3, -0.25) is 24.8 Å². The molecular formula is C19H15N3O2S. The number of aromatic nitrogens is 1. The van der Waals surface area contributed by atoms with Crippen LogP contribution in [0, 0.1) is 0 Å². The van der Waals surface area contributed by atoms with E-state index in [1.165, 1.54) is 4.90 Å². The fraction of sp³-hybridized carbons (Fsp3) is 0.0526. The molecule has 0 bridgehead atoms. The molecule has 0 aliphatic carbocycles. The van der Waals surface area contributed by atoms with Crippen molar-refractivity contribution < 1.29 is 9.59 Å². The van der Waals surface area contributed by atoms with Crippen LogP contribution in [0.3, 0.4) is 0 Å². The number of benzene rings is 1. The molecular weight excluding hydrogens is 334 g/mol. The van der Waals surface area contributed by atoms with Gasteiger partial charge in [0.05, 0.1) is 0 Å². The summed E-state index contributed by atoms with van der Waals surface area (Å²) in [6.07, 6.45) is 6.56. The highest BCUT2D eigenvalue weighted by Gasteiger charge is 2.32. The minimum Gasteiger partial charge on any atom is -0.298 e. The van der Waals surface area contributed by atoms with E-state index in [2.05, 4.69) is 16.9 Å². The third-order valence-electron chi connectivity index (χ3n) is 3.71. The number of thiocarbonyl (C=S) groups is 1. The summed E-state index contributed by atoms with van der Waals surface area (Å²) >= 11 is 5.04. The summed E-state index contributed by atoms with van der Waals surface area (Å²) in [7, 11) is 0. The number of nitrogens with zero attached hydrogens (tertiary/aromatic N) is 2. The van der Waals surface area contributed by atoms with Gasteiger partial charge in [-0.2, -0.15) is 0 Å². The van der Waals surface area contributed by atoms with Crippen LogP contribution in [-0.4, -0.2) is 33.4 Å². The molecule has 1 N–H and O–H groups in total. The van der Waals surface area contributed by atoms with Gasteiger partial charge in [0.25, 0.3) is 11.8 Å². The lowest BCUT2D eigenvalue weighted by Crippen LogP contribution is -2.53. The predicted octanol–water partition coefficient (Wildman–Crippen LogP) is 2.56. The number of amides is 2. The van der Waals surface area contributed by atoms with Crippen molar-refractivity contribution in [3.8, 4) is 11.1 Å². The molecule has 0 spiro atoms. The first-order valence-corrected chi connectivity index (χ1v) is 8.01. The Morgan fingerprint density at radius 1 is 1.16 bits per heavy atom. The number of pyridine rings is 1. The van der Waals surface area contributed by atoms with Crippen LogP contribution in [-0.2, 0) is 9.59 Å². The number of carbonyl (C=O) groups is 2. The van der Waals surface area contributed by atoms with Gasteiger partial charge >= 0.3 is 0 Å². The van der Waals surface area contributed by atoms with Crippen LogP contribution in [0.1, 0.15) is 5.56 Å². The standard InChI is InChI=1S/C19H15N3O2S/c1-2-10-22-18(24)16(17(23)21-19(22)25)12-13-4-3-5-15(11-13)14-6-8-20-9-7-14/h2-9,11-12H,1,10H2,(H,21,23,25)/b16-12+. The predicted molar refractivity (Wildman–Crippen MR) is 100 cm³/mol. The SMILES string of the molecule is C=CCN1C(=O)/C(=C/c2cccc(-c3ccncc3)c2)C(=O)NC1=S. The summed E-state index contributed by atoms with van der Waals surface area (Å²) in [5.41, 5.74) is 2.77. The zero-order chi connectivity index (χ0) is 17.8. The first kappa shape index (κ1) is 16.7. The molecule has 1 aromatic carbocycles. The zero-order valence-corrected chi connectivity index (χ0v) is 14.1. The molecule has 5 nitrogen and oxygen atoms in total. The van der Waals surface area contributed by atoms with Crippen molar-refractivity contribution in [2.75, 3.05) is 6.54 Å². The zero-order valence-electron chi connectivity index (χ0n) is 13.3. The summed E-state index contributed by atoms with van der Waals surface area (Å²) < 4.78 is 0. The summed E-state index contributed by atoms with van der Waals surface area (Å²) in [6, 6.07) is 11.4. The Labute approximate surface area is 150 Å². The summed E-state index contributed by atoms with van der Waals surface area (Å²) in [4.78, 5) is 30.0. The molecule has 2 heterocycles. The third-order valence-corrected chi connectivity index (χ3v) is 4.03. The quantitative estimate of drug-likeness (QED) is 0.399. The van der Waals surface area contributed by atoms with Crippen molar-refractivity contribution in [2.24, 2.45) is 0 Å². The molecule has 0 unspecified atom stereocenters. The lowest BCUT2D eigenvalue weighted by molar-refractivity contribution is -0.128. The second kappa shape index (κ2) is 7.19. The minimum atomic E-state index is -0.496. The van der Waals surface area contributed by atoms with E-state index < -0.39 is 11.8 Å². The van der Waals surface area contributed by atoms with Gasteiger partial charge in [0, 0.05) is 18.9 Å². The summed E-state index contributed by atoms with van der Waals surface area (Å²) in [5.74, 6) is -0.924. The van der Waals surface area contributed by atoms with E-state index in [1.54, 1.807) is 24.5 Å². The molecule has 2 amide bonds. The number of nitrogens with one attached hydrogen (secondary N) is 1. The molecule has 1 aliphatic heterocycles. The highest BCUT2D eigenvalue weighted by Crippen LogP contribution is 2.22. The van der Waals surface area contributed by atoms with E-state index >= 15 is 0 Å². The van der Waals surface area contributed by atoms with Gasteiger partial charge in [0.1, 0.15) is 5.57 Å². The van der Waals surface area contributed by atoms with E-state index in [9.17, 15) is 9.59 Å². The maximum Gasteiger partial charge on any atom is 0.265 e. The minimum absolute atomic E-state index is 0.0438. The maximum atomic E-state index is 12.5. The maximum absolute atomic E-state index is 12.5. The van der Waals surface area contributed by atoms with E-state index in [-0.39, 0.29) is 17.2 Å². The van der Waals surface area contributed by atoms with Crippen LogP contribution < -0.4 is 5.32 Å². The molecule has 25 heavy (non-hydrogen) atoms. The fourth-order valence-corrected chi connectivity index (χ4v) is 2.76. The second-order valence-corrected chi connectivity index (χ2v) is 5.77. The molecule has 2 aromatic rings. The summed E-state index contributed by atoms with van der Waals surface area (Å²) in [6.45, 7) is 3.85. The number of rotatable bonds is 4. The Balaban J connectivity index is 1.96. The van der Waals surface area contributed by atoms with Crippen molar-refractivity contribution in [3.05, 3.63) is 72.6 Å². The van der Waals surface area contributed by atoms with Gasteiger partial charge in [0.2, 0.25) is 0 Å². The van der Waals surface area contributed by atoms with Crippen molar-refractivity contribution in [1.29, 1.82) is 0 Å². The van der Waals surface area contributed by atoms with Gasteiger partial charge in [0.15, 0.2) is 5.11 Å². The van der Waals surface area contributed by atoms with E-state index in [0.29, 0.717) is 0 Å². The lowest BCUT2D eigenvalue weighted by Gasteiger charge is -2.27. The van der Waals surface area contributed by atoms with E-state index in [4.69, 9.17) is 12.2 Å². The van der Waals surface area contributed by atoms with Crippen LogP contribution in [0.25, 0.3) is 17.2 Å². The number of carbonyl (C=O) groups excluding carboxylic acids is 2. The number of hydrogen-bond donors (Lipinski definition) is 1. The molecule has 3 rings (SSSR count). The molecule has 1 fully saturated rings. The highest BCUT2D eigenvalue weighted by atomic mass is 32.1. The average Bonchev–Trinajstić information content (AvgIpc) is 2.63. The van der Waals surface area contributed by atoms with Gasteiger partial charge in [-0.15, -0.1) is 6.58 Å². The van der Waals surface area contributed by atoms with Crippen LogP contribution in [0.4, 0.5) is 0 Å². The third kappa shape index (κ3) is 3.54. The molecule has 0 radical (unpaired) electrons. The second-order valence-electron chi connectivity index (χ2n) is 5.38. The van der Waals surface area contributed by atoms with Crippen LogP contribution >= 0.6 is 12.2 Å². The van der Waals surface area contributed by atoms with Gasteiger partial charge < -0.3 is 0 Å². The monoisotopic (exact) mass is 349 g/mol. The van der Waals surface area contributed by atoms with Crippen LogP contribution in [0.2, 0.25) is 0 Å². The molecule has 1 aliphatic rings. The summed E-state index contributed by atoms with van der Waals surface area (Å²) in [5, 5.41) is 2.63. The molecule has 1 saturated heterocycles. The molecule has 124 valence electrons. The Bertz CT molecular complexity index is 891. The van der Waals surface area contributed by atoms with Crippen molar-refractivity contribution in [1.82, 2.24) is 15.2 Å². The topological polar surface area (TPSA) is 62.3 Å². The average molecular weight is 349 g/mol. The van der Waals surface area contributed by atoms with Gasteiger partial charge in [-0.25, -0.2) is 0 Å². The molecule has 0 atom stereocenters. The Morgan fingerprint density at radius 3 is 2.64 bits per heavy atom. The van der Waals surface area contributed by atoms with E-state index in [1.807, 2.05) is 36.4 Å². The van der Waals surface area contributed by atoms with Crippen LogP contribution in [0.5, 0.6) is 0 Å². The Hall–Kier alpha value is -3.12. The van der Waals surface area contributed by atoms with E-state index in [0.717, 1.165) is 16.7 Å². The molecule has 1 aromatic heterocycles. The smallest absolute Gasteiger partial charge is 0.265 e. The van der Waals surface area contributed by atoms with Gasteiger partial charge in [-0.1, -0.05) is 24.3 Å². The lowest BCUT2D eigenvalue weighted by atomic mass is 10.0. The van der Waals surface area contributed by atoms with Gasteiger partial charge in [-0.05, 0) is 53.2 Å². The normalized spacial score (nSPS) is 16.1. The largest absolute Gasteiger partial charge is 0.298 e. The fourth-order valence-electron chi connectivity index (χ4n) is 2.51. The Morgan fingerprint density at radius 2 is 1.92 bits per heavy atom. The van der Waals surface area contributed by atoms with Crippen molar-refractivity contribution in [2.45, 2.75) is 0 Å². The Kier molecular flexibility index (Phi) is 4.81. The first-order valence-electron chi connectivity index (χ1n) is 7.60. The van der Waals surface area contributed by atoms with Crippen LogP contribution in [0.15, 0.2) is 67.0 Å². The number of hydrogen-bond acceptors (Lipinski definition) is 4. The molecule has 6 heteroatoms. The first-order chi connectivity index (χ1) is 12.1.